The van der Waals surface area contributed by atoms with E-state index in [1.54, 1.807) is 13.1 Å². The van der Waals surface area contributed by atoms with Gasteiger partial charge in [0, 0.05) is 11.9 Å². The average Bonchev–Trinajstić information content (AvgIpc) is 2.04. The van der Waals surface area contributed by atoms with Crippen LogP contribution in [0.25, 0.3) is 0 Å². The monoisotopic (exact) mass is 166 g/mol. The maximum Gasteiger partial charge on any atom is 0.0705 e. The van der Waals surface area contributed by atoms with E-state index in [9.17, 15) is 5.11 Å². The first kappa shape index (κ1) is 9.16. The molecule has 0 aromatic carbocycles. The van der Waals surface area contributed by atoms with Crippen LogP contribution in [0.1, 0.15) is 24.2 Å². The van der Waals surface area contributed by atoms with Crippen LogP contribution in [0.3, 0.4) is 0 Å². The number of aromatic nitrogens is 1. The number of hydrogen-bond donors (Lipinski definition) is 2. The fraction of sp³-hybridized carbons (Fsp3) is 0.444. The van der Waals surface area contributed by atoms with Crippen LogP contribution in [-0.4, -0.2) is 16.2 Å². The van der Waals surface area contributed by atoms with Crippen LogP contribution in [0.5, 0.6) is 0 Å². The Morgan fingerprint density at radius 2 is 2.17 bits per heavy atom. The molecule has 1 rings (SSSR count). The molecule has 3 N–H and O–H groups in total. The molecule has 0 radical (unpaired) electrons. The van der Waals surface area contributed by atoms with Crippen LogP contribution in [-0.2, 0) is 0 Å². The fourth-order valence-corrected chi connectivity index (χ4v) is 0.955. The van der Waals surface area contributed by atoms with Gasteiger partial charge in [0.1, 0.15) is 0 Å². The molecule has 0 aliphatic heterocycles. The molecule has 66 valence electrons. The molecular formula is C9H14N2O. The van der Waals surface area contributed by atoms with E-state index in [1.807, 2.05) is 19.1 Å². The lowest BCUT2D eigenvalue weighted by Crippen LogP contribution is -2.23. The van der Waals surface area contributed by atoms with Crippen molar-refractivity contribution in [2.75, 3.05) is 0 Å². The Bertz CT molecular complexity index is 243. The van der Waals surface area contributed by atoms with E-state index in [4.69, 9.17) is 5.73 Å². The second-order valence-electron chi connectivity index (χ2n) is 3.00. The van der Waals surface area contributed by atoms with Crippen LogP contribution < -0.4 is 5.73 Å². The molecule has 1 aromatic heterocycles. The molecule has 12 heavy (non-hydrogen) atoms. The van der Waals surface area contributed by atoms with Crippen molar-refractivity contribution < 1.29 is 5.11 Å². The predicted octanol–water partition coefficient (Wildman–Crippen LogP) is 0.771. The molecule has 0 fully saturated rings. The van der Waals surface area contributed by atoms with Gasteiger partial charge in [-0.1, -0.05) is 6.07 Å². The van der Waals surface area contributed by atoms with Crippen LogP contribution in [0.2, 0.25) is 0 Å². The Labute approximate surface area is 72.2 Å². The summed E-state index contributed by atoms with van der Waals surface area (Å²) in [5.74, 6) is 0. The van der Waals surface area contributed by atoms with E-state index >= 15 is 0 Å². The first-order valence-electron chi connectivity index (χ1n) is 3.97. The summed E-state index contributed by atoms with van der Waals surface area (Å²) in [7, 11) is 0. The highest BCUT2D eigenvalue weighted by Gasteiger charge is 2.11. The molecule has 0 saturated carbocycles. The number of pyridine rings is 1. The van der Waals surface area contributed by atoms with Crippen molar-refractivity contribution in [3.8, 4) is 0 Å². The van der Waals surface area contributed by atoms with Gasteiger partial charge in [-0.2, -0.15) is 0 Å². The maximum atomic E-state index is 9.19. The van der Waals surface area contributed by atoms with E-state index in [1.165, 1.54) is 0 Å². The lowest BCUT2D eigenvalue weighted by atomic mass is 10.1. The van der Waals surface area contributed by atoms with Gasteiger partial charge in [-0.3, -0.25) is 4.98 Å². The molecule has 0 saturated heterocycles. The Kier molecular flexibility index (Phi) is 2.78. The van der Waals surface area contributed by atoms with Crippen molar-refractivity contribution in [2.45, 2.75) is 26.0 Å². The fourth-order valence-electron chi connectivity index (χ4n) is 0.955. The second kappa shape index (κ2) is 3.65. The minimum atomic E-state index is -0.533. The molecule has 0 aliphatic carbocycles. The average molecular weight is 166 g/mol. The van der Waals surface area contributed by atoms with Crippen molar-refractivity contribution in [3.05, 3.63) is 29.6 Å². The van der Waals surface area contributed by atoms with Gasteiger partial charge in [-0.05, 0) is 25.5 Å². The maximum absolute atomic E-state index is 9.19. The van der Waals surface area contributed by atoms with Crippen LogP contribution in [0.15, 0.2) is 18.3 Å². The minimum Gasteiger partial charge on any atom is -0.391 e. The highest BCUT2D eigenvalue weighted by molar-refractivity contribution is 5.17. The lowest BCUT2D eigenvalue weighted by molar-refractivity contribution is 0.164. The second-order valence-corrected chi connectivity index (χ2v) is 3.00. The summed E-state index contributed by atoms with van der Waals surface area (Å²) in [6, 6.07) is 3.44. The summed E-state index contributed by atoms with van der Waals surface area (Å²) in [5, 5.41) is 9.19. The third kappa shape index (κ3) is 2.03. The highest BCUT2D eigenvalue weighted by atomic mass is 16.3. The topological polar surface area (TPSA) is 59.1 Å². The van der Waals surface area contributed by atoms with Crippen LogP contribution >= 0.6 is 0 Å². The SMILES string of the molecule is Cc1ccc([C@H](N)[C@@H](C)O)cn1. The molecule has 0 aliphatic rings. The summed E-state index contributed by atoms with van der Waals surface area (Å²) in [4.78, 5) is 4.09. The number of aliphatic hydroxyl groups excluding tert-OH is 1. The van der Waals surface area contributed by atoms with Crippen molar-refractivity contribution in [1.82, 2.24) is 4.98 Å². The molecule has 3 heteroatoms. The summed E-state index contributed by atoms with van der Waals surface area (Å²) >= 11 is 0. The largest absolute Gasteiger partial charge is 0.391 e. The van der Waals surface area contributed by atoms with Crippen LogP contribution in [0, 0.1) is 6.92 Å². The number of hydrogen-bond acceptors (Lipinski definition) is 3. The zero-order valence-electron chi connectivity index (χ0n) is 7.36. The molecular weight excluding hydrogens is 152 g/mol. The number of nitrogens with zero attached hydrogens (tertiary/aromatic N) is 1. The smallest absolute Gasteiger partial charge is 0.0705 e. The van der Waals surface area contributed by atoms with Gasteiger partial charge in [-0.25, -0.2) is 0 Å². The van der Waals surface area contributed by atoms with Gasteiger partial charge in [0.2, 0.25) is 0 Å². The Morgan fingerprint density at radius 1 is 1.50 bits per heavy atom. The Morgan fingerprint density at radius 3 is 2.58 bits per heavy atom. The van der Waals surface area contributed by atoms with E-state index in [2.05, 4.69) is 4.98 Å². The van der Waals surface area contributed by atoms with Gasteiger partial charge in [0.05, 0.1) is 12.1 Å². The normalized spacial score (nSPS) is 15.7. The Hall–Kier alpha value is -0.930. The van der Waals surface area contributed by atoms with E-state index < -0.39 is 6.10 Å². The first-order chi connectivity index (χ1) is 5.61. The minimum absolute atomic E-state index is 0.335. The highest BCUT2D eigenvalue weighted by Crippen LogP contribution is 2.12. The summed E-state index contributed by atoms with van der Waals surface area (Å²) in [6.07, 6.45) is 1.17. The van der Waals surface area contributed by atoms with Crippen molar-refractivity contribution >= 4 is 0 Å². The van der Waals surface area contributed by atoms with Crippen molar-refractivity contribution in [2.24, 2.45) is 5.73 Å². The van der Waals surface area contributed by atoms with Gasteiger partial charge < -0.3 is 10.8 Å². The zero-order chi connectivity index (χ0) is 9.14. The van der Waals surface area contributed by atoms with Crippen LogP contribution in [0.4, 0.5) is 0 Å². The van der Waals surface area contributed by atoms with E-state index in [0.717, 1.165) is 11.3 Å². The molecule has 1 heterocycles. The number of aliphatic hydroxyl groups is 1. The first-order valence-corrected chi connectivity index (χ1v) is 3.97. The molecule has 0 amide bonds. The third-order valence-electron chi connectivity index (χ3n) is 1.84. The molecule has 3 nitrogen and oxygen atoms in total. The van der Waals surface area contributed by atoms with E-state index in [0.29, 0.717) is 0 Å². The summed E-state index contributed by atoms with van der Waals surface area (Å²) in [5.41, 5.74) is 7.52. The third-order valence-corrected chi connectivity index (χ3v) is 1.84. The van der Waals surface area contributed by atoms with Gasteiger partial charge >= 0.3 is 0 Å². The van der Waals surface area contributed by atoms with Gasteiger partial charge in [0.25, 0.3) is 0 Å². The summed E-state index contributed by atoms with van der Waals surface area (Å²) < 4.78 is 0. The van der Waals surface area contributed by atoms with Gasteiger partial charge in [0.15, 0.2) is 0 Å². The number of rotatable bonds is 2. The van der Waals surface area contributed by atoms with Crippen molar-refractivity contribution in [1.29, 1.82) is 0 Å². The van der Waals surface area contributed by atoms with Gasteiger partial charge in [-0.15, -0.1) is 0 Å². The number of aryl methyl sites for hydroxylation is 1. The van der Waals surface area contributed by atoms with E-state index in [-0.39, 0.29) is 6.04 Å². The predicted molar refractivity (Wildman–Crippen MR) is 47.6 cm³/mol. The molecule has 0 spiro atoms. The molecule has 0 bridgehead atoms. The number of nitrogens with two attached hydrogens (primary N) is 1. The Balaban J connectivity index is 2.82. The standard InChI is InChI=1S/C9H14N2O/c1-6-3-4-8(5-11-6)9(10)7(2)12/h3-5,7,9,12H,10H2,1-2H3/t7-,9-/m1/s1. The zero-order valence-corrected chi connectivity index (χ0v) is 7.36. The molecule has 0 unspecified atom stereocenters. The lowest BCUT2D eigenvalue weighted by Gasteiger charge is -2.14. The quantitative estimate of drug-likeness (QED) is 0.682. The molecule has 1 aromatic rings. The summed E-state index contributed by atoms with van der Waals surface area (Å²) in [6.45, 7) is 3.59. The molecule has 2 atom stereocenters. The van der Waals surface area contributed by atoms with Crippen molar-refractivity contribution in [3.63, 3.8) is 0 Å².